The molecule has 0 radical (unpaired) electrons. The first-order chi connectivity index (χ1) is 11.1. The van der Waals surface area contributed by atoms with E-state index in [1.54, 1.807) is 18.4 Å². The van der Waals surface area contributed by atoms with Crippen molar-refractivity contribution >= 4 is 5.91 Å². The third-order valence-corrected chi connectivity index (χ3v) is 3.84. The number of nitrogens with zero attached hydrogens (tertiary/aromatic N) is 1. The molecule has 122 valence electrons. The Morgan fingerprint density at radius 1 is 1.30 bits per heavy atom. The normalized spacial score (nSPS) is 14.2. The first-order valence-electron chi connectivity index (χ1n) is 7.59. The largest absolute Gasteiger partial charge is 0.467 e. The van der Waals surface area contributed by atoms with Gasteiger partial charge in [-0.25, -0.2) is 8.78 Å². The second kappa shape index (κ2) is 6.91. The molecule has 1 fully saturated rings. The molecule has 1 aliphatic carbocycles. The lowest BCUT2D eigenvalue weighted by molar-refractivity contribution is -0.122. The lowest BCUT2D eigenvalue weighted by Gasteiger charge is -2.21. The van der Waals surface area contributed by atoms with Crippen LogP contribution >= 0.6 is 0 Å². The zero-order valence-corrected chi connectivity index (χ0v) is 12.6. The number of furan rings is 1. The molecule has 0 atom stereocenters. The Morgan fingerprint density at radius 3 is 2.78 bits per heavy atom. The Balaban J connectivity index is 1.57. The molecule has 0 unspecified atom stereocenters. The molecule has 1 aromatic carbocycles. The number of hydrogen-bond donors (Lipinski definition) is 1. The molecular formula is C17H18F2N2O2. The Hall–Kier alpha value is -2.21. The van der Waals surface area contributed by atoms with E-state index in [1.807, 2.05) is 4.90 Å². The molecule has 1 amide bonds. The summed E-state index contributed by atoms with van der Waals surface area (Å²) in [5, 5.41) is 2.78. The van der Waals surface area contributed by atoms with Gasteiger partial charge in [0.25, 0.3) is 0 Å². The van der Waals surface area contributed by atoms with Gasteiger partial charge in [-0.15, -0.1) is 0 Å². The zero-order chi connectivity index (χ0) is 16.2. The number of nitrogens with one attached hydrogen (secondary N) is 1. The average Bonchev–Trinajstić information content (AvgIpc) is 3.23. The quantitative estimate of drug-likeness (QED) is 0.853. The molecule has 23 heavy (non-hydrogen) atoms. The van der Waals surface area contributed by atoms with Crippen LogP contribution in [0.2, 0.25) is 0 Å². The van der Waals surface area contributed by atoms with Gasteiger partial charge in [-0.1, -0.05) is 6.07 Å². The smallest absolute Gasteiger partial charge is 0.234 e. The Labute approximate surface area is 133 Å². The third-order valence-electron chi connectivity index (χ3n) is 3.84. The van der Waals surface area contributed by atoms with E-state index in [0.29, 0.717) is 24.4 Å². The van der Waals surface area contributed by atoms with E-state index >= 15 is 0 Å². The van der Waals surface area contributed by atoms with Crippen molar-refractivity contribution in [2.75, 3.05) is 6.54 Å². The fraction of sp³-hybridized carbons (Fsp3) is 0.353. The van der Waals surface area contributed by atoms with E-state index < -0.39 is 11.6 Å². The van der Waals surface area contributed by atoms with E-state index in [2.05, 4.69) is 5.32 Å². The topological polar surface area (TPSA) is 45.5 Å². The summed E-state index contributed by atoms with van der Waals surface area (Å²) in [7, 11) is 0. The molecule has 1 saturated carbocycles. The van der Waals surface area contributed by atoms with Gasteiger partial charge in [0.05, 0.1) is 19.4 Å². The fourth-order valence-electron chi connectivity index (χ4n) is 2.46. The first-order valence-corrected chi connectivity index (χ1v) is 7.59. The highest BCUT2D eigenvalue weighted by Gasteiger charge is 2.30. The summed E-state index contributed by atoms with van der Waals surface area (Å²) >= 11 is 0. The van der Waals surface area contributed by atoms with Gasteiger partial charge in [-0.3, -0.25) is 9.69 Å². The molecule has 4 nitrogen and oxygen atoms in total. The van der Waals surface area contributed by atoms with Crippen molar-refractivity contribution in [2.24, 2.45) is 0 Å². The molecule has 1 aromatic heterocycles. The number of halogens is 2. The maximum absolute atomic E-state index is 13.8. The highest BCUT2D eigenvalue weighted by atomic mass is 19.1. The molecule has 6 heteroatoms. The van der Waals surface area contributed by atoms with Gasteiger partial charge in [0.15, 0.2) is 0 Å². The predicted molar refractivity (Wildman–Crippen MR) is 80.3 cm³/mol. The Kier molecular flexibility index (Phi) is 4.71. The van der Waals surface area contributed by atoms with Crippen molar-refractivity contribution in [1.82, 2.24) is 10.2 Å². The lowest BCUT2D eigenvalue weighted by Crippen LogP contribution is -2.38. The SMILES string of the molecule is O=C(CN(Cc1ccc(F)cc1F)C1CC1)NCc1ccco1. The minimum Gasteiger partial charge on any atom is -0.467 e. The average molecular weight is 320 g/mol. The summed E-state index contributed by atoms with van der Waals surface area (Å²) in [5.41, 5.74) is 0.400. The van der Waals surface area contributed by atoms with Crippen LogP contribution in [0.1, 0.15) is 24.2 Å². The fourth-order valence-corrected chi connectivity index (χ4v) is 2.46. The second-order valence-electron chi connectivity index (χ2n) is 5.73. The maximum atomic E-state index is 13.8. The van der Waals surface area contributed by atoms with E-state index in [9.17, 15) is 13.6 Å². The summed E-state index contributed by atoms with van der Waals surface area (Å²) < 4.78 is 31.9. The van der Waals surface area contributed by atoms with Crippen LogP contribution in [0.4, 0.5) is 8.78 Å². The molecular weight excluding hydrogens is 302 g/mol. The summed E-state index contributed by atoms with van der Waals surface area (Å²) in [4.78, 5) is 14.0. The highest BCUT2D eigenvalue weighted by molar-refractivity contribution is 5.78. The van der Waals surface area contributed by atoms with Crippen LogP contribution in [0.15, 0.2) is 41.0 Å². The van der Waals surface area contributed by atoms with Gasteiger partial charge in [-0.2, -0.15) is 0 Å². The van der Waals surface area contributed by atoms with Crippen LogP contribution in [0.3, 0.4) is 0 Å². The molecule has 1 aliphatic rings. The van der Waals surface area contributed by atoms with Crippen LogP contribution < -0.4 is 5.32 Å². The zero-order valence-electron chi connectivity index (χ0n) is 12.6. The van der Waals surface area contributed by atoms with E-state index in [0.717, 1.165) is 18.9 Å². The molecule has 2 aromatic rings. The van der Waals surface area contributed by atoms with Crippen molar-refractivity contribution in [3.05, 3.63) is 59.6 Å². The lowest BCUT2D eigenvalue weighted by atomic mass is 10.2. The van der Waals surface area contributed by atoms with E-state index in [-0.39, 0.29) is 18.5 Å². The number of hydrogen-bond acceptors (Lipinski definition) is 3. The standard InChI is InChI=1S/C17H18F2N2O2/c18-13-4-3-12(16(19)8-13)10-21(14-5-6-14)11-17(22)20-9-15-2-1-7-23-15/h1-4,7-8,14H,5-6,9-11H2,(H,20,22). The van der Waals surface area contributed by atoms with Crippen LogP contribution in [-0.4, -0.2) is 23.4 Å². The summed E-state index contributed by atoms with van der Waals surface area (Å²) in [6, 6.07) is 7.37. The molecule has 0 spiro atoms. The van der Waals surface area contributed by atoms with Crippen molar-refractivity contribution < 1.29 is 18.0 Å². The van der Waals surface area contributed by atoms with Crippen LogP contribution in [0.5, 0.6) is 0 Å². The van der Waals surface area contributed by atoms with Crippen LogP contribution in [-0.2, 0) is 17.9 Å². The number of carbonyl (C=O) groups excluding carboxylic acids is 1. The molecule has 0 saturated heterocycles. The highest BCUT2D eigenvalue weighted by Crippen LogP contribution is 2.28. The monoisotopic (exact) mass is 320 g/mol. The summed E-state index contributed by atoms with van der Waals surface area (Å²) in [5.74, 6) is -0.635. The maximum Gasteiger partial charge on any atom is 0.234 e. The minimum absolute atomic E-state index is 0.143. The van der Waals surface area contributed by atoms with Crippen molar-refractivity contribution in [1.29, 1.82) is 0 Å². The van der Waals surface area contributed by atoms with Gasteiger partial charge in [0.1, 0.15) is 17.4 Å². The number of amides is 1. The van der Waals surface area contributed by atoms with Crippen molar-refractivity contribution in [3.63, 3.8) is 0 Å². The number of benzene rings is 1. The third kappa shape index (κ3) is 4.39. The van der Waals surface area contributed by atoms with Crippen molar-refractivity contribution in [2.45, 2.75) is 32.0 Å². The first kappa shape index (κ1) is 15.7. The molecule has 3 rings (SSSR count). The second-order valence-corrected chi connectivity index (χ2v) is 5.73. The summed E-state index contributed by atoms with van der Waals surface area (Å²) in [6.07, 6.45) is 3.54. The molecule has 1 heterocycles. The molecule has 0 bridgehead atoms. The van der Waals surface area contributed by atoms with E-state index in [1.165, 1.54) is 12.1 Å². The number of carbonyl (C=O) groups is 1. The van der Waals surface area contributed by atoms with Crippen molar-refractivity contribution in [3.8, 4) is 0 Å². The predicted octanol–water partition coefficient (Wildman–Crippen LogP) is 2.84. The Morgan fingerprint density at radius 2 is 2.13 bits per heavy atom. The van der Waals surface area contributed by atoms with Crippen LogP contribution in [0, 0.1) is 11.6 Å². The van der Waals surface area contributed by atoms with Gasteiger partial charge in [0.2, 0.25) is 5.91 Å². The van der Waals surface area contributed by atoms with Gasteiger partial charge < -0.3 is 9.73 Å². The van der Waals surface area contributed by atoms with Gasteiger partial charge >= 0.3 is 0 Å². The van der Waals surface area contributed by atoms with Gasteiger partial charge in [-0.05, 0) is 31.0 Å². The van der Waals surface area contributed by atoms with E-state index in [4.69, 9.17) is 4.42 Å². The summed E-state index contributed by atoms with van der Waals surface area (Å²) in [6.45, 7) is 0.808. The minimum atomic E-state index is -0.597. The molecule has 1 N–H and O–H groups in total. The van der Waals surface area contributed by atoms with Crippen LogP contribution in [0.25, 0.3) is 0 Å². The Bertz CT molecular complexity index is 669. The number of rotatable bonds is 7. The molecule has 0 aliphatic heterocycles. The van der Waals surface area contributed by atoms with Gasteiger partial charge in [0, 0.05) is 24.2 Å².